The summed E-state index contributed by atoms with van der Waals surface area (Å²) in [6.45, 7) is 1.78. The van der Waals surface area contributed by atoms with Gasteiger partial charge in [-0.1, -0.05) is 23.2 Å². The Balaban J connectivity index is 2.54. The summed E-state index contributed by atoms with van der Waals surface area (Å²) in [6.07, 6.45) is 1.78. The number of rotatable bonds is 1. The molecule has 0 N–H and O–H groups in total. The van der Waals surface area contributed by atoms with Gasteiger partial charge in [0.05, 0.1) is 15.7 Å². The zero-order valence-electron chi connectivity index (χ0n) is 7.83. The Bertz CT molecular complexity index is 559. The van der Waals surface area contributed by atoms with Gasteiger partial charge in [0.25, 0.3) is 4.74 Å². The Labute approximate surface area is 101 Å². The Morgan fingerprint density at radius 1 is 1.27 bits per heavy atom. The van der Waals surface area contributed by atoms with Crippen LogP contribution in [-0.2, 0) is 0 Å². The van der Waals surface area contributed by atoms with Crippen LogP contribution in [0.15, 0.2) is 29.2 Å². The first-order chi connectivity index (χ1) is 7.08. The molecule has 1 aromatic carbocycles. The van der Waals surface area contributed by atoms with Gasteiger partial charge in [-0.05, 0) is 36.7 Å². The molecule has 0 aliphatic carbocycles. The van der Waals surface area contributed by atoms with Gasteiger partial charge in [0, 0.05) is 11.8 Å². The van der Waals surface area contributed by atoms with E-state index in [1.54, 1.807) is 29.2 Å². The second kappa shape index (κ2) is 4.00. The average molecular weight is 260 g/mol. The predicted octanol–water partition coefficient (Wildman–Crippen LogP) is 3.51. The van der Waals surface area contributed by atoms with E-state index in [2.05, 4.69) is 0 Å². The molecule has 15 heavy (non-hydrogen) atoms. The van der Waals surface area contributed by atoms with Crippen molar-refractivity contribution in [2.45, 2.75) is 6.92 Å². The molecule has 0 atom stereocenters. The van der Waals surface area contributed by atoms with Crippen LogP contribution in [0.1, 0.15) is 5.56 Å². The molecule has 78 valence electrons. The summed E-state index contributed by atoms with van der Waals surface area (Å²) in [6, 6.07) is 5.27. The van der Waals surface area contributed by atoms with Crippen molar-refractivity contribution in [1.82, 2.24) is 3.96 Å². The Hall–Kier alpha value is -0.770. The highest BCUT2D eigenvalue weighted by atomic mass is 35.5. The van der Waals surface area contributed by atoms with Crippen molar-refractivity contribution in [3.63, 3.8) is 0 Å². The first-order valence-corrected chi connectivity index (χ1v) is 5.76. The number of aromatic nitrogens is 1. The van der Waals surface area contributed by atoms with Crippen molar-refractivity contribution in [3.8, 4) is 5.69 Å². The fourth-order valence-corrected chi connectivity index (χ4v) is 2.26. The molecule has 2 aromatic rings. The third-order valence-electron chi connectivity index (χ3n) is 1.97. The van der Waals surface area contributed by atoms with E-state index >= 15 is 0 Å². The van der Waals surface area contributed by atoms with Crippen molar-refractivity contribution in [2.24, 2.45) is 0 Å². The zero-order valence-corrected chi connectivity index (χ0v) is 10.2. The summed E-state index contributed by atoms with van der Waals surface area (Å²) in [5.74, 6) is 0. The number of aryl methyl sites for hydroxylation is 1. The standard InChI is InChI=1S/C10H7Cl2NOS/c1-6-5-13(15-10(6)14)7-2-3-8(11)9(12)4-7/h2-5H,1H3. The van der Waals surface area contributed by atoms with Crippen LogP contribution >= 0.6 is 34.7 Å². The molecule has 2 nitrogen and oxygen atoms in total. The van der Waals surface area contributed by atoms with Gasteiger partial charge in [-0.15, -0.1) is 0 Å². The zero-order chi connectivity index (χ0) is 11.0. The molecule has 0 radical (unpaired) electrons. The minimum atomic E-state index is 0.0565. The molecular weight excluding hydrogens is 253 g/mol. The second-order valence-corrected chi connectivity index (χ2v) is 4.88. The highest BCUT2D eigenvalue weighted by molar-refractivity contribution is 7.04. The normalized spacial score (nSPS) is 10.6. The van der Waals surface area contributed by atoms with Gasteiger partial charge in [0.1, 0.15) is 0 Å². The van der Waals surface area contributed by atoms with Crippen LogP contribution in [-0.4, -0.2) is 3.96 Å². The Morgan fingerprint density at radius 2 is 2.00 bits per heavy atom. The van der Waals surface area contributed by atoms with Crippen LogP contribution in [0.4, 0.5) is 0 Å². The fraction of sp³-hybridized carbons (Fsp3) is 0.100. The molecule has 0 saturated heterocycles. The molecule has 5 heteroatoms. The van der Waals surface area contributed by atoms with Crippen LogP contribution in [0.25, 0.3) is 5.69 Å². The van der Waals surface area contributed by atoms with Crippen LogP contribution in [0.3, 0.4) is 0 Å². The van der Waals surface area contributed by atoms with Crippen molar-refractivity contribution in [2.75, 3.05) is 0 Å². The van der Waals surface area contributed by atoms with E-state index in [1.165, 1.54) is 0 Å². The van der Waals surface area contributed by atoms with E-state index < -0.39 is 0 Å². The van der Waals surface area contributed by atoms with Crippen molar-refractivity contribution in [1.29, 1.82) is 0 Å². The maximum atomic E-state index is 11.3. The topological polar surface area (TPSA) is 22.0 Å². The van der Waals surface area contributed by atoms with Gasteiger partial charge in [-0.25, -0.2) is 0 Å². The largest absolute Gasteiger partial charge is 0.276 e. The third-order valence-corrected chi connectivity index (χ3v) is 3.71. The summed E-state index contributed by atoms with van der Waals surface area (Å²) in [7, 11) is 0. The minimum absolute atomic E-state index is 0.0565. The van der Waals surface area contributed by atoms with E-state index in [4.69, 9.17) is 23.2 Å². The Kier molecular flexibility index (Phi) is 2.87. The van der Waals surface area contributed by atoms with Gasteiger partial charge in [-0.2, -0.15) is 0 Å². The lowest BCUT2D eigenvalue weighted by atomic mass is 10.3. The third kappa shape index (κ3) is 2.09. The molecule has 0 aliphatic heterocycles. The van der Waals surface area contributed by atoms with Crippen LogP contribution in [0, 0.1) is 6.92 Å². The van der Waals surface area contributed by atoms with Crippen molar-refractivity contribution >= 4 is 34.7 Å². The number of hydrogen-bond acceptors (Lipinski definition) is 2. The van der Waals surface area contributed by atoms with E-state index in [-0.39, 0.29) is 4.74 Å². The van der Waals surface area contributed by atoms with Gasteiger partial charge >= 0.3 is 0 Å². The summed E-state index contributed by atoms with van der Waals surface area (Å²) in [5.41, 5.74) is 1.57. The molecule has 0 saturated carbocycles. The molecule has 0 spiro atoms. The smallest absolute Gasteiger partial charge is 0.252 e. The fourth-order valence-electron chi connectivity index (χ4n) is 1.17. The number of nitrogens with zero attached hydrogens (tertiary/aromatic N) is 1. The minimum Gasteiger partial charge on any atom is -0.276 e. The lowest BCUT2D eigenvalue weighted by Crippen LogP contribution is -1.90. The molecule has 0 unspecified atom stereocenters. The van der Waals surface area contributed by atoms with Gasteiger partial charge < -0.3 is 0 Å². The summed E-state index contributed by atoms with van der Waals surface area (Å²) in [5, 5.41) is 0.997. The summed E-state index contributed by atoms with van der Waals surface area (Å²) >= 11 is 12.8. The maximum absolute atomic E-state index is 11.3. The summed E-state index contributed by atoms with van der Waals surface area (Å²) < 4.78 is 1.83. The molecule has 0 fully saturated rings. The van der Waals surface area contributed by atoms with Crippen LogP contribution in [0.2, 0.25) is 10.0 Å². The quantitative estimate of drug-likeness (QED) is 0.769. The Morgan fingerprint density at radius 3 is 2.53 bits per heavy atom. The number of hydrogen-bond donors (Lipinski definition) is 0. The number of halogens is 2. The van der Waals surface area contributed by atoms with E-state index in [0.29, 0.717) is 10.0 Å². The van der Waals surface area contributed by atoms with E-state index in [0.717, 1.165) is 22.8 Å². The molecule has 1 heterocycles. The summed E-state index contributed by atoms with van der Waals surface area (Å²) in [4.78, 5) is 11.3. The van der Waals surface area contributed by atoms with E-state index in [1.807, 2.05) is 6.07 Å². The highest BCUT2D eigenvalue weighted by Gasteiger charge is 2.04. The average Bonchev–Trinajstić information content (AvgIpc) is 2.52. The lowest BCUT2D eigenvalue weighted by molar-refractivity contribution is 1.18. The highest BCUT2D eigenvalue weighted by Crippen LogP contribution is 2.24. The number of benzene rings is 1. The van der Waals surface area contributed by atoms with Gasteiger partial charge in [0.2, 0.25) is 0 Å². The predicted molar refractivity (Wildman–Crippen MR) is 64.7 cm³/mol. The van der Waals surface area contributed by atoms with Gasteiger partial charge in [0.15, 0.2) is 0 Å². The first kappa shape index (κ1) is 10.7. The first-order valence-electron chi connectivity index (χ1n) is 4.23. The molecule has 2 rings (SSSR count). The van der Waals surface area contributed by atoms with E-state index in [9.17, 15) is 4.79 Å². The van der Waals surface area contributed by atoms with Crippen LogP contribution < -0.4 is 4.74 Å². The van der Waals surface area contributed by atoms with Crippen LogP contribution in [0.5, 0.6) is 0 Å². The maximum Gasteiger partial charge on any atom is 0.252 e. The lowest BCUT2D eigenvalue weighted by Gasteiger charge is -2.02. The molecule has 0 bridgehead atoms. The SMILES string of the molecule is Cc1cn(-c2ccc(Cl)c(Cl)c2)sc1=O. The molecular formula is C10H7Cl2NOS. The van der Waals surface area contributed by atoms with Crippen molar-refractivity contribution in [3.05, 3.63) is 49.5 Å². The van der Waals surface area contributed by atoms with Crippen molar-refractivity contribution < 1.29 is 0 Å². The molecule has 1 aromatic heterocycles. The molecule has 0 amide bonds. The van der Waals surface area contributed by atoms with Gasteiger partial charge in [-0.3, -0.25) is 8.75 Å². The monoisotopic (exact) mass is 259 g/mol. The molecule has 0 aliphatic rings. The second-order valence-electron chi connectivity index (χ2n) is 3.12.